The summed E-state index contributed by atoms with van der Waals surface area (Å²) >= 11 is 0. The molecular formula is C13H26N2O2. The highest BCUT2D eigenvalue weighted by Gasteiger charge is 2.37. The molecule has 1 amide bonds. The van der Waals surface area contributed by atoms with Gasteiger partial charge in [0.15, 0.2) is 0 Å². The Morgan fingerprint density at radius 3 is 2.29 bits per heavy atom. The molecule has 4 nitrogen and oxygen atoms in total. The van der Waals surface area contributed by atoms with Crippen molar-refractivity contribution in [1.82, 2.24) is 10.6 Å². The van der Waals surface area contributed by atoms with E-state index >= 15 is 0 Å². The molecule has 1 saturated heterocycles. The van der Waals surface area contributed by atoms with Gasteiger partial charge in [-0.2, -0.15) is 0 Å². The maximum atomic E-state index is 11.6. The van der Waals surface area contributed by atoms with Gasteiger partial charge in [-0.15, -0.1) is 0 Å². The molecule has 1 fully saturated rings. The van der Waals surface area contributed by atoms with Crippen LogP contribution in [0.3, 0.4) is 0 Å². The molecule has 3 N–H and O–H groups in total. The third-order valence-electron chi connectivity index (χ3n) is 3.12. The first-order chi connectivity index (χ1) is 7.74. The number of aliphatic hydroxyl groups is 1. The molecule has 0 spiro atoms. The molecule has 0 unspecified atom stereocenters. The molecule has 17 heavy (non-hydrogen) atoms. The van der Waals surface area contributed by atoms with Crippen molar-refractivity contribution in [3.8, 4) is 0 Å². The van der Waals surface area contributed by atoms with Crippen LogP contribution >= 0.6 is 0 Å². The third kappa shape index (κ3) is 5.04. The van der Waals surface area contributed by atoms with Crippen LogP contribution in [0.2, 0.25) is 0 Å². The standard InChI is InChI=1S/C13H26N2O2/c1-12(2)8-10(9-13(3,4)15-12)14-11(17)6-5-7-16/h10,15-16H,5-9H2,1-4H3,(H,14,17). The van der Waals surface area contributed by atoms with Gasteiger partial charge < -0.3 is 15.7 Å². The Balaban J connectivity index is 2.51. The molecule has 1 rings (SSSR count). The number of amides is 1. The highest BCUT2D eigenvalue weighted by Crippen LogP contribution is 2.28. The van der Waals surface area contributed by atoms with Gasteiger partial charge in [-0.25, -0.2) is 0 Å². The molecule has 1 aliphatic rings. The first-order valence-electron chi connectivity index (χ1n) is 6.44. The molecule has 0 radical (unpaired) electrons. The molecule has 0 aromatic heterocycles. The number of piperidine rings is 1. The van der Waals surface area contributed by atoms with E-state index in [-0.39, 0.29) is 29.6 Å². The van der Waals surface area contributed by atoms with E-state index in [4.69, 9.17) is 5.11 Å². The minimum atomic E-state index is 0.0523. The summed E-state index contributed by atoms with van der Waals surface area (Å²) in [5, 5.41) is 15.4. The number of nitrogens with one attached hydrogen (secondary N) is 2. The zero-order valence-electron chi connectivity index (χ0n) is 11.5. The highest BCUT2D eigenvalue weighted by atomic mass is 16.3. The summed E-state index contributed by atoms with van der Waals surface area (Å²) in [6.07, 6.45) is 2.85. The lowest BCUT2D eigenvalue weighted by molar-refractivity contribution is -0.122. The fraction of sp³-hybridized carbons (Fsp3) is 0.923. The van der Waals surface area contributed by atoms with Gasteiger partial charge >= 0.3 is 0 Å². The van der Waals surface area contributed by atoms with E-state index in [1.165, 1.54) is 0 Å². The predicted octanol–water partition coefficient (Wildman–Crippen LogP) is 1.18. The number of aliphatic hydroxyl groups excluding tert-OH is 1. The van der Waals surface area contributed by atoms with Crippen LogP contribution in [-0.4, -0.2) is 34.7 Å². The van der Waals surface area contributed by atoms with Gasteiger partial charge in [0.2, 0.25) is 5.91 Å². The van der Waals surface area contributed by atoms with Crippen LogP contribution in [0.25, 0.3) is 0 Å². The summed E-state index contributed by atoms with van der Waals surface area (Å²) in [7, 11) is 0. The molecule has 1 aliphatic heterocycles. The van der Waals surface area contributed by atoms with E-state index in [9.17, 15) is 4.79 Å². The van der Waals surface area contributed by atoms with Crippen LogP contribution in [0.1, 0.15) is 53.4 Å². The zero-order valence-corrected chi connectivity index (χ0v) is 11.5. The Kier molecular flexibility index (Phi) is 4.55. The molecule has 4 heteroatoms. The fourth-order valence-electron chi connectivity index (χ4n) is 2.96. The Morgan fingerprint density at radius 1 is 1.29 bits per heavy atom. The fourth-order valence-corrected chi connectivity index (χ4v) is 2.96. The summed E-state index contributed by atoms with van der Waals surface area (Å²) in [5.74, 6) is 0.0533. The van der Waals surface area contributed by atoms with Crippen LogP contribution in [0.4, 0.5) is 0 Å². The topological polar surface area (TPSA) is 61.4 Å². The molecule has 0 saturated carbocycles. The van der Waals surface area contributed by atoms with Gasteiger partial charge in [-0.3, -0.25) is 4.79 Å². The average Bonchev–Trinajstić information content (AvgIpc) is 2.09. The molecule has 1 heterocycles. The van der Waals surface area contributed by atoms with Crippen molar-refractivity contribution in [3.05, 3.63) is 0 Å². The van der Waals surface area contributed by atoms with Gasteiger partial charge in [0, 0.05) is 30.1 Å². The Labute approximate surface area is 104 Å². The lowest BCUT2D eigenvalue weighted by Crippen LogP contribution is -2.62. The molecule has 0 aliphatic carbocycles. The predicted molar refractivity (Wildman–Crippen MR) is 68.8 cm³/mol. The monoisotopic (exact) mass is 242 g/mol. The van der Waals surface area contributed by atoms with Crippen molar-refractivity contribution in [2.24, 2.45) is 0 Å². The van der Waals surface area contributed by atoms with E-state index < -0.39 is 0 Å². The largest absolute Gasteiger partial charge is 0.396 e. The van der Waals surface area contributed by atoms with Crippen molar-refractivity contribution in [2.75, 3.05) is 6.61 Å². The first-order valence-corrected chi connectivity index (χ1v) is 6.44. The number of hydrogen-bond acceptors (Lipinski definition) is 3. The van der Waals surface area contributed by atoms with E-state index in [0.29, 0.717) is 12.8 Å². The van der Waals surface area contributed by atoms with Crippen molar-refractivity contribution in [1.29, 1.82) is 0 Å². The second-order valence-electron chi connectivity index (χ2n) is 6.39. The maximum absolute atomic E-state index is 11.6. The van der Waals surface area contributed by atoms with Gasteiger partial charge in [-0.05, 0) is 47.0 Å². The summed E-state index contributed by atoms with van der Waals surface area (Å²) in [5.41, 5.74) is 0.105. The lowest BCUT2D eigenvalue weighted by Gasteiger charge is -2.46. The van der Waals surface area contributed by atoms with Crippen LogP contribution in [-0.2, 0) is 4.79 Å². The molecule has 0 atom stereocenters. The normalized spacial score (nSPS) is 23.4. The average molecular weight is 242 g/mol. The van der Waals surface area contributed by atoms with Crippen LogP contribution < -0.4 is 10.6 Å². The van der Waals surface area contributed by atoms with Crippen LogP contribution in [0.15, 0.2) is 0 Å². The van der Waals surface area contributed by atoms with E-state index in [1.54, 1.807) is 0 Å². The summed E-state index contributed by atoms with van der Waals surface area (Å²) < 4.78 is 0. The third-order valence-corrected chi connectivity index (χ3v) is 3.12. The Morgan fingerprint density at radius 2 is 1.82 bits per heavy atom. The number of hydrogen-bond donors (Lipinski definition) is 3. The van der Waals surface area contributed by atoms with Crippen molar-refractivity contribution < 1.29 is 9.90 Å². The second-order valence-corrected chi connectivity index (χ2v) is 6.39. The van der Waals surface area contributed by atoms with Gasteiger partial charge in [-0.1, -0.05) is 0 Å². The second kappa shape index (κ2) is 5.36. The minimum absolute atomic E-state index is 0.0523. The van der Waals surface area contributed by atoms with Crippen molar-refractivity contribution in [3.63, 3.8) is 0 Å². The summed E-state index contributed by atoms with van der Waals surface area (Å²) in [6, 6.07) is 0.229. The number of rotatable bonds is 4. The Hall–Kier alpha value is -0.610. The quantitative estimate of drug-likeness (QED) is 0.694. The molecular weight excluding hydrogens is 216 g/mol. The van der Waals surface area contributed by atoms with Gasteiger partial charge in [0.05, 0.1) is 0 Å². The zero-order chi connectivity index (χ0) is 13.1. The molecule has 100 valence electrons. The van der Waals surface area contributed by atoms with Crippen LogP contribution in [0.5, 0.6) is 0 Å². The van der Waals surface area contributed by atoms with E-state index in [0.717, 1.165) is 12.8 Å². The van der Waals surface area contributed by atoms with E-state index in [1.807, 2.05) is 0 Å². The maximum Gasteiger partial charge on any atom is 0.220 e. The molecule has 0 bridgehead atoms. The lowest BCUT2D eigenvalue weighted by atomic mass is 9.79. The van der Waals surface area contributed by atoms with Crippen molar-refractivity contribution in [2.45, 2.75) is 70.5 Å². The summed E-state index contributed by atoms with van der Waals surface area (Å²) in [4.78, 5) is 11.6. The minimum Gasteiger partial charge on any atom is -0.396 e. The number of carbonyl (C=O) groups excluding carboxylic acids is 1. The SMILES string of the molecule is CC1(C)CC(NC(=O)CCCO)CC(C)(C)N1. The van der Waals surface area contributed by atoms with Crippen LogP contribution in [0, 0.1) is 0 Å². The highest BCUT2D eigenvalue weighted by molar-refractivity contribution is 5.76. The van der Waals surface area contributed by atoms with E-state index in [2.05, 4.69) is 38.3 Å². The molecule has 0 aromatic rings. The van der Waals surface area contributed by atoms with Crippen molar-refractivity contribution >= 4 is 5.91 Å². The smallest absolute Gasteiger partial charge is 0.220 e. The van der Waals surface area contributed by atoms with Gasteiger partial charge in [0.25, 0.3) is 0 Å². The Bertz CT molecular complexity index is 259. The number of carbonyl (C=O) groups is 1. The first kappa shape index (κ1) is 14.5. The summed E-state index contributed by atoms with van der Waals surface area (Å²) in [6.45, 7) is 8.75. The van der Waals surface area contributed by atoms with Gasteiger partial charge in [0.1, 0.15) is 0 Å². The molecule has 0 aromatic carbocycles.